The summed E-state index contributed by atoms with van der Waals surface area (Å²) in [5, 5.41) is 0. The Morgan fingerprint density at radius 3 is 2.42 bits per heavy atom. The molecule has 0 atom stereocenters. The van der Waals surface area contributed by atoms with Gasteiger partial charge in [0.1, 0.15) is 0 Å². The molecule has 0 N–H and O–H groups in total. The predicted octanol–water partition coefficient (Wildman–Crippen LogP) is 3.25. The Bertz CT molecular complexity index is 263. The Kier molecular flexibility index (Phi) is 3.26. The van der Waals surface area contributed by atoms with E-state index in [1.807, 2.05) is 6.07 Å². The molecule has 66 valence electrons. The van der Waals surface area contributed by atoms with Gasteiger partial charge in [0, 0.05) is 0 Å². The predicted molar refractivity (Wildman–Crippen MR) is 53.5 cm³/mol. The van der Waals surface area contributed by atoms with Crippen LogP contribution in [0.5, 0.6) is 0 Å². The summed E-state index contributed by atoms with van der Waals surface area (Å²) in [5.41, 5.74) is 1.17. The van der Waals surface area contributed by atoms with Crippen LogP contribution < -0.4 is 0 Å². The van der Waals surface area contributed by atoms with Gasteiger partial charge in [0.25, 0.3) is 0 Å². The van der Waals surface area contributed by atoms with Crippen LogP contribution in [-0.2, 0) is 3.98 Å². The average molecular weight is 361 g/mol. The quantitative estimate of drug-likeness (QED) is 0.710. The molecule has 1 rings (SSSR count). The maximum atomic E-state index is 12.8. The first-order valence-electron chi connectivity index (χ1n) is 4.22. The normalized spacial score (nSPS) is 11.7. The molecule has 0 aromatic heterocycles. The van der Waals surface area contributed by atoms with Crippen LogP contribution in [0.4, 0.5) is 4.39 Å². The van der Waals surface area contributed by atoms with Crippen molar-refractivity contribution in [1.29, 1.82) is 0 Å². The number of halogens is 1. The number of hydrogen-bond acceptors (Lipinski definition) is 0. The van der Waals surface area contributed by atoms with Crippen LogP contribution in [0.15, 0.2) is 24.3 Å². The summed E-state index contributed by atoms with van der Waals surface area (Å²) in [4.78, 5) is 0. The first-order valence-corrected chi connectivity index (χ1v) is 18.6. The zero-order valence-electron chi connectivity index (χ0n) is 7.89. The molecule has 0 heterocycles. The van der Waals surface area contributed by atoms with E-state index in [4.69, 9.17) is 0 Å². The Morgan fingerprint density at radius 1 is 1.25 bits per heavy atom. The molecule has 0 aliphatic rings. The van der Waals surface area contributed by atoms with Gasteiger partial charge in [-0.15, -0.1) is 0 Å². The maximum absolute atomic E-state index is 12.8. The minimum atomic E-state index is -1.88. The van der Waals surface area contributed by atoms with Crippen molar-refractivity contribution < 1.29 is 4.39 Å². The minimum absolute atomic E-state index is 0.106. The second kappa shape index (κ2) is 3.85. The van der Waals surface area contributed by atoms with E-state index in [0.29, 0.717) is 0 Å². The fourth-order valence-corrected chi connectivity index (χ4v) is 6.88. The molecule has 0 aliphatic heterocycles. The Morgan fingerprint density at radius 2 is 1.92 bits per heavy atom. The molecular weight excluding hydrogens is 346 g/mol. The Labute approximate surface area is 78.5 Å². The van der Waals surface area contributed by atoms with Crippen LogP contribution in [0.2, 0.25) is 13.4 Å². The van der Waals surface area contributed by atoms with E-state index in [1.54, 1.807) is 12.1 Å². The standard InChI is InChI=1S/C7H6F.3CH3.Pb/c1-6-3-2-4-7(8)5-6;;;;/h2-5H,1H2;3*1H3;. The van der Waals surface area contributed by atoms with Crippen molar-refractivity contribution in [2.24, 2.45) is 0 Å². The van der Waals surface area contributed by atoms with Crippen LogP contribution in [0.3, 0.4) is 0 Å². The molecule has 1 aromatic rings. The molecule has 0 spiro atoms. The molecule has 2 heteroatoms. The van der Waals surface area contributed by atoms with Crippen molar-refractivity contribution in [1.82, 2.24) is 0 Å². The van der Waals surface area contributed by atoms with Gasteiger partial charge < -0.3 is 0 Å². The summed E-state index contributed by atoms with van der Waals surface area (Å²) >= 11 is -1.88. The molecule has 0 radical (unpaired) electrons. The molecule has 0 saturated heterocycles. The number of hydrogen-bond donors (Lipinski definition) is 0. The monoisotopic (exact) mass is 362 g/mol. The molecule has 0 aliphatic carbocycles. The van der Waals surface area contributed by atoms with Crippen LogP contribution in [-0.4, -0.2) is 21.2 Å². The zero-order valence-corrected chi connectivity index (χ0v) is 11.8. The van der Waals surface area contributed by atoms with E-state index in [1.165, 1.54) is 11.6 Å². The van der Waals surface area contributed by atoms with Crippen molar-refractivity contribution in [2.45, 2.75) is 17.4 Å². The SMILES string of the molecule is [CH3][Pb]([CH3])([CH3])[CH2]c1cccc(F)c1. The summed E-state index contributed by atoms with van der Waals surface area (Å²) in [6.07, 6.45) is 0. The average Bonchev–Trinajstić information content (AvgIpc) is 1.82. The van der Waals surface area contributed by atoms with Crippen molar-refractivity contribution in [3.05, 3.63) is 35.6 Å². The fraction of sp³-hybridized carbons (Fsp3) is 0.400. The summed E-state index contributed by atoms with van der Waals surface area (Å²) in [6, 6.07) is 6.98. The van der Waals surface area contributed by atoms with Crippen molar-refractivity contribution in [3.8, 4) is 0 Å². The fourth-order valence-electron chi connectivity index (χ4n) is 1.26. The van der Waals surface area contributed by atoms with E-state index < -0.39 is 21.2 Å². The van der Waals surface area contributed by atoms with Gasteiger partial charge in [0.15, 0.2) is 0 Å². The molecule has 0 fully saturated rings. The van der Waals surface area contributed by atoms with Gasteiger partial charge >= 0.3 is 78.6 Å². The second-order valence-electron chi connectivity index (χ2n) is 4.37. The molecular formula is C10H15FPb. The zero-order chi connectivity index (χ0) is 9.19. The first kappa shape index (κ1) is 10.2. The molecule has 0 saturated carbocycles. The summed E-state index contributed by atoms with van der Waals surface area (Å²) < 4.78 is 21.0. The summed E-state index contributed by atoms with van der Waals surface area (Å²) in [6.45, 7) is 0. The van der Waals surface area contributed by atoms with Crippen LogP contribution >= 0.6 is 0 Å². The van der Waals surface area contributed by atoms with E-state index in [9.17, 15) is 4.39 Å². The van der Waals surface area contributed by atoms with Crippen LogP contribution in [0, 0.1) is 5.82 Å². The summed E-state index contributed by atoms with van der Waals surface area (Å²) in [7, 11) is 0. The molecule has 12 heavy (non-hydrogen) atoms. The molecule has 0 unspecified atom stereocenters. The van der Waals surface area contributed by atoms with E-state index in [2.05, 4.69) is 13.4 Å². The van der Waals surface area contributed by atoms with Gasteiger partial charge in [-0.1, -0.05) is 0 Å². The number of benzene rings is 1. The van der Waals surface area contributed by atoms with E-state index >= 15 is 0 Å². The van der Waals surface area contributed by atoms with E-state index in [0.717, 1.165) is 3.98 Å². The molecule has 1 aromatic carbocycles. The Balaban J connectivity index is 2.77. The van der Waals surface area contributed by atoms with Crippen LogP contribution in [0.25, 0.3) is 0 Å². The van der Waals surface area contributed by atoms with E-state index in [-0.39, 0.29) is 5.82 Å². The third-order valence-electron chi connectivity index (χ3n) is 1.62. The molecule has 0 bridgehead atoms. The molecule has 0 amide bonds. The Hall–Kier alpha value is 0.0721. The van der Waals surface area contributed by atoms with Crippen molar-refractivity contribution >= 4 is 21.2 Å². The van der Waals surface area contributed by atoms with Crippen molar-refractivity contribution in [2.75, 3.05) is 0 Å². The van der Waals surface area contributed by atoms with Gasteiger partial charge in [0.2, 0.25) is 0 Å². The topological polar surface area (TPSA) is 0 Å². The third-order valence-corrected chi connectivity index (χ3v) is 7.33. The first-order chi connectivity index (χ1) is 5.47. The van der Waals surface area contributed by atoms with Crippen molar-refractivity contribution in [3.63, 3.8) is 0 Å². The van der Waals surface area contributed by atoms with Gasteiger partial charge in [-0.05, 0) is 0 Å². The summed E-state index contributed by atoms with van der Waals surface area (Å²) in [5.74, 6) is -0.106. The van der Waals surface area contributed by atoms with Gasteiger partial charge in [-0.3, -0.25) is 0 Å². The third kappa shape index (κ3) is 3.65. The van der Waals surface area contributed by atoms with Gasteiger partial charge in [0.05, 0.1) is 0 Å². The van der Waals surface area contributed by atoms with Gasteiger partial charge in [-0.2, -0.15) is 0 Å². The second-order valence-corrected chi connectivity index (χ2v) is 25.7. The van der Waals surface area contributed by atoms with Gasteiger partial charge in [-0.25, -0.2) is 0 Å². The molecule has 0 nitrogen and oxygen atoms in total. The number of rotatable bonds is 2. The van der Waals surface area contributed by atoms with Crippen LogP contribution in [0.1, 0.15) is 5.56 Å².